The van der Waals surface area contributed by atoms with Gasteiger partial charge in [0.05, 0.1) is 16.6 Å². The van der Waals surface area contributed by atoms with Crippen molar-refractivity contribution in [1.29, 1.82) is 0 Å². The number of anilines is 1. The molecule has 0 unspecified atom stereocenters. The van der Waals surface area contributed by atoms with E-state index in [1.54, 1.807) is 11.3 Å². The van der Waals surface area contributed by atoms with Crippen molar-refractivity contribution >= 4 is 60.9 Å². The zero-order valence-corrected chi connectivity index (χ0v) is 20.5. The topological polar surface area (TPSA) is 36.4 Å². The number of thiazole rings is 1. The summed E-state index contributed by atoms with van der Waals surface area (Å²) in [5.41, 5.74) is 4.35. The van der Waals surface area contributed by atoms with E-state index in [0.717, 1.165) is 43.9 Å². The molecule has 4 nitrogen and oxygen atoms in total. The number of hydrogen-bond acceptors (Lipinski definition) is 4. The Hall–Kier alpha value is -1.47. The van der Waals surface area contributed by atoms with Crippen molar-refractivity contribution in [1.82, 2.24) is 9.88 Å². The van der Waals surface area contributed by atoms with Crippen molar-refractivity contribution < 1.29 is 4.79 Å². The summed E-state index contributed by atoms with van der Waals surface area (Å²) >= 11 is 5.09. The van der Waals surface area contributed by atoms with Gasteiger partial charge in [0, 0.05) is 11.0 Å². The van der Waals surface area contributed by atoms with Crippen LogP contribution in [-0.2, 0) is 11.2 Å². The number of carbonyl (C=O) groups excluding carboxylic acids is 1. The summed E-state index contributed by atoms with van der Waals surface area (Å²) in [6, 6.07) is 12.3. The van der Waals surface area contributed by atoms with Gasteiger partial charge in [0.2, 0.25) is 5.91 Å². The lowest BCUT2D eigenvalue weighted by atomic mass is 10.0. The fourth-order valence-corrected chi connectivity index (χ4v) is 4.68. The van der Waals surface area contributed by atoms with Gasteiger partial charge < -0.3 is 4.90 Å². The zero-order valence-electron chi connectivity index (χ0n) is 17.2. The number of rotatable bonds is 7. The number of halogens is 2. The van der Waals surface area contributed by atoms with Crippen LogP contribution in [-0.4, -0.2) is 43.0 Å². The molecular weight excluding hydrogens is 470 g/mol. The van der Waals surface area contributed by atoms with E-state index in [1.807, 2.05) is 17.0 Å². The molecule has 1 amide bonds. The Bertz CT molecular complexity index is 989. The first kappa shape index (κ1) is 23.8. The van der Waals surface area contributed by atoms with Crippen molar-refractivity contribution in [2.45, 2.75) is 26.7 Å². The van der Waals surface area contributed by atoms with Crippen LogP contribution in [0.3, 0.4) is 0 Å². The van der Waals surface area contributed by atoms with E-state index in [-0.39, 0.29) is 18.3 Å². The lowest BCUT2D eigenvalue weighted by Crippen LogP contribution is -2.34. The third-order valence-corrected chi connectivity index (χ3v) is 6.24. The molecule has 29 heavy (non-hydrogen) atoms. The Morgan fingerprint density at radius 3 is 2.59 bits per heavy atom. The van der Waals surface area contributed by atoms with Crippen molar-refractivity contribution in [2.75, 3.05) is 32.1 Å². The Morgan fingerprint density at radius 2 is 1.86 bits per heavy atom. The van der Waals surface area contributed by atoms with Crippen molar-refractivity contribution in [3.8, 4) is 0 Å². The maximum atomic E-state index is 13.3. The highest BCUT2D eigenvalue weighted by Gasteiger charge is 2.20. The van der Waals surface area contributed by atoms with Gasteiger partial charge >= 0.3 is 0 Å². The van der Waals surface area contributed by atoms with Gasteiger partial charge in [-0.25, -0.2) is 4.98 Å². The Balaban J connectivity index is 0.00000300. The summed E-state index contributed by atoms with van der Waals surface area (Å²) in [7, 11) is 4.11. The van der Waals surface area contributed by atoms with E-state index in [4.69, 9.17) is 4.98 Å². The smallest absolute Gasteiger partial charge is 0.233 e. The minimum absolute atomic E-state index is 0. The monoisotopic (exact) mass is 495 g/mol. The lowest BCUT2D eigenvalue weighted by molar-refractivity contribution is -0.118. The molecule has 156 valence electrons. The van der Waals surface area contributed by atoms with Gasteiger partial charge in [-0.3, -0.25) is 9.69 Å². The molecule has 0 radical (unpaired) electrons. The summed E-state index contributed by atoms with van der Waals surface area (Å²) in [5, 5.41) is 0.780. The molecular formula is C22H27BrClN3OS. The van der Waals surface area contributed by atoms with Crippen LogP contribution in [0.4, 0.5) is 5.13 Å². The highest BCUT2D eigenvalue weighted by Crippen LogP contribution is 2.31. The van der Waals surface area contributed by atoms with E-state index in [1.165, 1.54) is 5.56 Å². The second-order valence-corrected chi connectivity index (χ2v) is 9.34. The largest absolute Gasteiger partial charge is 0.309 e. The van der Waals surface area contributed by atoms with Crippen LogP contribution < -0.4 is 4.90 Å². The fraction of sp³-hybridized carbons (Fsp3) is 0.364. The molecule has 0 fully saturated rings. The normalized spacial score (nSPS) is 11.0. The standard InChI is InChI=1S/C22H26BrN3OS.ClH/c1-15-6-7-16(2)17(12-15)13-21(27)26(11-5-10-25(3)4)22-24-19-9-8-18(23)14-20(19)28-22;/h6-9,12,14H,5,10-11,13H2,1-4H3;1H. The van der Waals surface area contributed by atoms with Crippen molar-refractivity contribution in [2.24, 2.45) is 0 Å². The first-order valence-corrected chi connectivity index (χ1v) is 11.0. The summed E-state index contributed by atoms with van der Waals surface area (Å²) in [5.74, 6) is 0.102. The van der Waals surface area contributed by atoms with E-state index in [9.17, 15) is 4.79 Å². The van der Waals surface area contributed by atoms with Gasteiger partial charge in [-0.15, -0.1) is 12.4 Å². The van der Waals surface area contributed by atoms with Crippen LogP contribution in [0.1, 0.15) is 23.1 Å². The minimum Gasteiger partial charge on any atom is -0.309 e. The lowest BCUT2D eigenvalue weighted by Gasteiger charge is -2.21. The van der Waals surface area contributed by atoms with Gasteiger partial charge in [0.25, 0.3) is 0 Å². The SMILES string of the molecule is Cc1ccc(C)c(CC(=O)N(CCCN(C)C)c2nc3ccc(Br)cc3s2)c1.Cl. The van der Waals surface area contributed by atoms with Crippen LogP contribution in [0.5, 0.6) is 0 Å². The average molecular weight is 497 g/mol. The van der Waals surface area contributed by atoms with Crippen LogP contribution in [0.2, 0.25) is 0 Å². The molecule has 2 aromatic carbocycles. The van der Waals surface area contributed by atoms with Crippen LogP contribution in [0.15, 0.2) is 40.9 Å². The summed E-state index contributed by atoms with van der Waals surface area (Å²) in [6.07, 6.45) is 1.31. The molecule has 0 bridgehead atoms. The summed E-state index contributed by atoms with van der Waals surface area (Å²) in [6.45, 7) is 5.73. The fourth-order valence-electron chi connectivity index (χ4n) is 3.12. The van der Waals surface area contributed by atoms with Gasteiger partial charge in [0.15, 0.2) is 5.13 Å². The van der Waals surface area contributed by atoms with Crippen LogP contribution >= 0.6 is 39.7 Å². The Labute approximate surface area is 191 Å². The van der Waals surface area contributed by atoms with Gasteiger partial charge in [-0.05, 0) is 70.2 Å². The maximum Gasteiger partial charge on any atom is 0.233 e. The molecule has 3 rings (SSSR count). The van der Waals surface area contributed by atoms with Crippen molar-refractivity contribution in [3.05, 3.63) is 57.6 Å². The minimum atomic E-state index is 0. The maximum absolute atomic E-state index is 13.3. The molecule has 0 saturated carbocycles. The molecule has 1 aromatic heterocycles. The number of aryl methyl sites for hydroxylation is 2. The molecule has 0 aliphatic heterocycles. The van der Waals surface area contributed by atoms with Gasteiger partial charge in [-0.1, -0.05) is 51.0 Å². The quantitative estimate of drug-likeness (QED) is 0.426. The molecule has 7 heteroatoms. The third-order valence-electron chi connectivity index (χ3n) is 4.70. The summed E-state index contributed by atoms with van der Waals surface area (Å²) < 4.78 is 2.11. The molecule has 0 atom stereocenters. The Morgan fingerprint density at radius 1 is 1.10 bits per heavy atom. The van der Waals surface area contributed by atoms with Crippen LogP contribution in [0, 0.1) is 13.8 Å². The number of nitrogens with zero attached hydrogens (tertiary/aromatic N) is 3. The first-order chi connectivity index (χ1) is 13.3. The molecule has 3 aromatic rings. The van der Waals surface area contributed by atoms with Crippen LogP contribution in [0.25, 0.3) is 10.2 Å². The highest BCUT2D eigenvalue weighted by atomic mass is 79.9. The van der Waals surface area contributed by atoms with Gasteiger partial charge in [-0.2, -0.15) is 0 Å². The molecule has 0 aliphatic carbocycles. The number of hydrogen-bond donors (Lipinski definition) is 0. The second kappa shape index (κ2) is 10.5. The third kappa shape index (κ3) is 6.25. The van der Waals surface area contributed by atoms with Gasteiger partial charge in [0.1, 0.15) is 0 Å². The second-order valence-electron chi connectivity index (χ2n) is 7.42. The van der Waals surface area contributed by atoms with Crippen molar-refractivity contribution in [3.63, 3.8) is 0 Å². The van der Waals surface area contributed by atoms with E-state index in [0.29, 0.717) is 13.0 Å². The molecule has 0 N–H and O–H groups in total. The van der Waals surface area contributed by atoms with E-state index in [2.05, 4.69) is 73.0 Å². The summed E-state index contributed by atoms with van der Waals surface area (Å²) in [4.78, 5) is 22.0. The zero-order chi connectivity index (χ0) is 20.3. The number of aromatic nitrogens is 1. The molecule has 0 aliphatic rings. The van der Waals surface area contributed by atoms with E-state index >= 15 is 0 Å². The number of amides is 1. The number of benzene rings is 2. The predicted molar refractivity (Wildman–Crippen MR) is 130 cm³/mol. The number of carbonyl (C=O) groups is 1. The highest BCUT2D eigenvalue weighted by molar-refractivity contribution is 9.10. The first-order valence-electron chi connectivity index (χ1n) is 9.41. The molecule has 0 spiro atoms. The predicted octanol–water partition coefficient (Wildman–Crippen LogP) is 5.62. The average Bonchev–Trinajstić information content (AvgIpc) is 3.04. The molecule has 1 heterocycles. The van der Waals surface area contributed by atoms with E-state index < -0.39 is 0 Å². The molecule has 0 saturated heterocycles. The Kier molecular flexibility index (Phi) is 8.64. The number of fused-ring (bicyclic) bond motifs is 1.